The normalized spacial score (nSPS) is 11.6. The van der Waals surface area contributed by atoms with E-state index in [-0.39, 0.29) is 11.4 Å². The molecule has 5 nitrogen and oxygen atoms in total. The molecule has 0 aliphatic heterocycles. The maximum atomic E-state index is 11.3. The summed E-state index contributed by atoms with van der Waals surface area (Å²) in [6, 6.07) is 6.93. The quantitative estimate of drug-likeness (QED) is 0.615. The van der Waals surface area contributed by atoms with Crippen LogP contribution in [0.5, 0.6) is 0 Å². The average molecular weight is 271 g/mol. The van der Waals surface area contributed by atoms with Gasteiger partial charge in [0.2, 0.25) is 10.9 Å². The Morgan fingerprint density at radius 3 is 2.28 bits per heavy atom. The SMILES string of the molecule is COC(=O)c1ccc(C(C)(C)CN[SH](=O)=O)cc1. The fourth-order valence-corrected chi connectivity index (χ4v) is 2.06. The highest BCUT2D eigenvalue weighted by molar-refractivity contribution is 7.70. The van der Waals surface area contributed by atoms with Crippen molar-refractivity contribution in [3.05, 3.63) is 35.4 Å². The first kappa shape index (κ1) is 14.7. The van der Waals surface area contributed by atoms with Gasteiger partial charge in [0.05, 0.1) is 12.7 Å². The molecule has 100 valence electrons. The van der Waals surface area contributed by atoms with Gasteiger partial charge < -0.3 is 4.74 Å². The number of methoxy groups -OCH3 is 1. The van der Waals surface area contributed by atoms with Crippen molar-refractivity contribution >= 4 is 16.9 Å². The van der Waals surface area contributed by atoms with E-state index < -0.39 is 10.9 Å². The van der Waals surface area contributed by atoms with E-state index in [4.69, 9.17) is 0 Å². The Kier molecular flexibility index (Phi) is 4.86. The molecule has 0 spiro atoms. The molecule has 1 N–H and O–H groups in total. The van der Waals surface area contributed by atoms with Crippen molar-refractivity contribution < 1.29 is 17.9 Å². The summed E-state index contributed by atoms with van der Waals surface area (Å²) in [4.78, 5) is 11.3. The molecule has 1 rings (SSSR count). The van der Waals surface area contributed by atoms with Crippen molar-refractivity contribution in [1.82, 2.24) is 4.72 Å². The molecular weight excluding hydrogens is 254 g/mol. The lowest BCUT2D eigenvalue weighted by molar-refractivity contribution is 0.0600. The zero-order valence-electron chi connectivity index (χ0n) is 10.6. The van der Waals surface area contributed by atoms with Crippen molar-refractivity contribution in [2.75, 3.05) is 13.7 Å². The molecule has 6 heteroatoms. The Balaban J connectivity index is 2.86. The van der Waals surface area contributed by atoms with Crippen molar-refractivity contribution in [2.45, 2.75) is 19.3 Å². The Bertz CT molecular complexity index is 483. The molecule has 0 aliphatic carbocycles. The van der Waals surface area contributed by atoms with Gasteiger partial charge in [-0.2, -0.15) is 0 Å². The van der Waals surface area contributed by atoms with E-state index in [1.165, 1.54) is 7.11 Å². The standard InChI is InChI=1S/C12H17NO4S/c1-12(2,8-13-18(15)16)10-6-4-9(5-7-10)11(14)17-3/h4-7,18H,8H2,1-3H3,(H,13,15,16). The molecule has 18 heavy (non-hydrogen) atoms. The van der Waals surface area contributed by atoms with Gasteiger partial charge in [-0.15, -0.1) is 0 Å². The Morgan fingerprint density at radius 2 is 1.83 bits per heavy atom. The highest BCUT2D eigenvalue weighted by atomic mass is 32.2. The average Bonchev–Trinajstić information content (AvgIpc) is 2.36. The van der Waals surface area contributed by atoms with Crippen LogP contribution in [-0.2, 0) is 21.0 Å². The molecule has 0 saturated carbocycles. The van der Waals surface area contributed by atoms with E-state index in [0.29, 0.717) is 12.1 Å². The molecule has 0 aliphatic rings. The van der Waals surface area contributed by atoms with E-state index in [1.54, 1.807) is 24.3 Å². The number of nitrogens with one attached hydrogen (secondary N) is 1. The summed E-state index contributed by atoms with van der Waals surface area (Å²) in [7, 11) is -1.27. The monoisotopic (exact) mass is 271 g/mol. The molecule has 0 aromatic heterocycles. The first-order valence-electron chi connectivity index (χ1n) is 5.43. The van der Waals surface area contributed by atoms with Crippen molar-refractivity contribution in [2.24, 2.45) is 0 Å². The fourth-order valence-electron chi connectivity index (χ4n) is 1.54. The van der Waals surface area contributed by atoms with Crippen LogP contribution in [0.3, 0.4) is 0 Å². The first-order valence-corrected chi connectivity index (χ1v) is 6.61. The molecule has 0 atom stereocenters. The molecule has 0 bridgehead atoms. The van der Waals surface area contributed by atoms with Crippen LogP contribution in [0.1, 0.15) is 29.8 Å². The van der Waals surface area contributed by atoms with Crippen LogP contribution in [-0.4, -0.2) is 28.0 Å². The minimum Gasteiger partial charge on any atom is -0.465 e. The minimum absolute atomic E-state index is 0.309. The van der Waals surface area contributed by atoms with E-state index >= 15 is 0 Å². The molecule has 0 radical (unpaired) electrons. The molecular formula is C12H17NO4S. The van der Waals surface area contributed by atoms with Crippen LogP contribution in [0.25, 0.3) is 0 Å². The zero-order valence-corrected chi connectivity index (χ0v) is 11.5. The number of rotatable bonds is 5. The number of carbonyl (C=O) groups excluding carboxylic acids is 1. The van der Waals surface area contributed by atoms with Gasteiger partial charge in [0.15, 0.2) is 0 Å². The summed E-state index contributed by atoms with van der Waals surface area (Å²) in [5.74, 6) is -0.389. The van der Waals surface area contributed by atoms with E-state index in [9.17, 15) is 13.2 Å². The third-order valence-electron chi connectivity index (χ3n) is 2.74. The molecule has 1 aromatic carbocycles. The predicted octanol–water partition coefficient (Wildman–Crippen LogP) is 0.867. The van der Waals surface area contributed by atoms with Gasteiger partial charge in [-0.3, -0.25) is 0 Å². The van der Waals surface area contributed by atoms with E-state index in [1.807, 2.05) is 13.8 Å². The Hall–Kier alpha value is -1.40. The molecule has 1 aromatic rings. The lowest BCUT2D eigenvalue weighted by atomic mass is 9.84. The second-order valence-corrected chi connectivity index (χ2v) is 5.38. The number of thiol groups is 1. The van der Waals surface area contributed by atoms with Gasteiger partial charge in [0, 0.05) is 12.0 Å². The number of carbonyl (C=O) groups is 1. The highest BCUT2D eigenvalue weighted by Crippen LogP contribution is 2.22. The number of hydrogen-bond donors (Lipinski definition) is 2. The number of benzene rings is 1. The maximum absolute atomic E-state index is 11.3. The van der Waals surface area contributed by atoms with E-state index in [0.717, 1.165) is 5.56 Å². The second kappa shape index (κ2) is 5.97. The summed E-state index contributed by atoms with van der Waals surface area (Å²) in [6.07, 6.45) is 0. The van der Waals surface area contributed by atoms with Gasteiger partial charge in [-0.25, -0.2) is 17.9 Å². The van der Waals surface area contributed by atoms with Gasteiger partial charge >= 0.3 is 5.97 Å². The van der Waals surface area contributed by atoms with Crippen LogP contribution in [0.15, 0.2) is 24.3 Å². The van der Waals surface area contributed by atoms with Crippen LogP contribution < -0.4 is 4.72 Å². The summed E-state index contributed by atoms with van der Waals surface area (Å²) in [6.45, 7) is 4.15. The second-order valence-electron chi connectivity index (χ2n) is 4.54. The van der Waals surface area contributed by atoms with Crippen LogP contribution in [0, 0.1) is 0 Å². The highest BCUT2D eigenvalue weighted by Gasteiger charge is 2.20. The lowest BCUT2D eigenvalue weighted by Crippen LogP contribution is -2.32. The molecule has 0 heterocycles. The molecule has 0 amide bonds. The summed E-state index contributed by atoms with van der Waals surface area (Å²) in [5.41, 5.74) is 1.07. The fraction of sp³-hybridized carbons (Fsp3) is 0.417. The Labute approximate surface area is 108 Å². The topological polar surface area (TPSA) is 72.5 Å². The molecule has 0 saturated heterocycles. The van der Waals surface area contributed by atoms with Gasteiger partial charge in [0.25, 0.3) is 0 Å². The summed E-state index contributed by atoms with van der Waals surface area (Å²) < 4.78 is 28.1. The number of hydrogen-bond acceptors (Lipinski definition) is 4. The predicted molar refractivity (Wildman–Crippen MR) is 69.1 cm³/mol. The summed E-state index contributed by atoms with van der Waals surface area (Å²) in [5, 5.41) is 0. The smallest absolute Gasteiger partial charge is 0.337 e. The lowest BCUT2D eigenvalue weighted by Gasteiger charge is -2.24. The largest absolute Gasteiger partial charge is 0.465 e. The number of ether oxygens (including phenoxy) is 1. The van der Waals surface area contributed by atoms with Crippen LogP contribution in [0.2, 0.25) is 0 Å². The van der Waals surface area contributed by atoms with Crippen LogP contribution >= 0.6 is 0 Å². The summed E-state index contributed by atoms with van der Waals surface area (Å²) >= 11 is 0. The third kappa shape index (κ3) is 3.82. The van der Waals surface area contributed by atoms with Crippen molar-refractivity contribution in [1.29, 1.82) is 0 Å². The van der Waals surface area contributed by atoms with Gasteiger partial charge in [-0.05, 0) is 17.7 Å². The van der Waals surface area contributed by atoms with Gasteiger partial charge in [0.1, 0.15) is 0 Å². The third-order valence-corrected chi connectivity index (χ3v) is 3.15. The van der Waals surface area contributed by atoms with Gasteiger partial charge in [-0.1, -0.05) is 26.0 Å². The first-order chi connectivity index (χ1) is 8.36. The minimum atomic E-state index is -2.60. The molecule has 0 unspecified atom stereocenters. The number of esters is 1. The maximum Gasteiger partial charge on any atom is 0.337 e. The zero-order chi connectivity index (χ0) is 13.8. The Morgan fingerprint density at radius 1 is 1.28 bits per heavy atom. The van der Waals surface area contributed by atoms with Crippen molar-refractivity contribution in [3.63, 3.8) is 0 Å². The van der Waals surface area contributed by atoms with Crippen molar-refractivity contribution in [3.8, 4) is 0 Å². The van der Waals surface area contributed by atoms with E-state index in [2.05, 4.69) is 9.46 Å². The van der Waals surface area contributed by atoms with Crippen LogP contribution in [0.4, 0.5) is 0 Å². The molecule has 0 fully saturated rings.